The molecular weight excluding hydrogens is 379 g/mol. The van der Waals surface area contributed by atoms with Crippen LogP contribution in [-0.4, -0.2) is 31.1 Å². The summed E-state index contributed by atoms with van der Waals surface area (Å²) in [4.78, 5) is 2.61. The maximum atomic E-state index is 6.23. The third-order valence-electron chi connectivity index (χ3n) is 4.80. The molecule has 1 fully saturated rings. The highest BCUT2D eigenvalue weighted by atomic mass is 35.5. The summed E-state index contributed by atoms with van der Waals surface area (Å²) in [6.07, 6.45) is 1.16. The summed E-state index contributed by atoms with van der Waals surface area (Å²) in [7, 11) is 0. The minimum absolute atomic E-state index is 0. The first-order valence-corrected chi connectivity index (χ1v) is 9.44. The van der Waals surface area contributed by atoms with Crippen molar-refractivity contribution >= 4 is 24.8 Å². The number of hydrogen-bond acceptors (Lipinski definition) is 3. The van der Waals surface area contributed by atoms with E-state index in [2.05, 4.69) is 72.6 Å². The van der Waals surface area contributed by atoms with E-state index in [4.69, 9.17) is 4.74 Å². The lowest BCUT2D eigenvalue weighted by molar-refractivity contribution is 0.150. The van der Waals surface area contributed by atoms with E-state index in [9.17, 15) is 0 Å². The monoisotopic (exact) mass is 410 g/mol. The first kappa shape index (κ1) is 23.8. The topological polar surface area (TPSA) is 24.5 Å². The van der Waals surface area contributed by atoms with E-state index in [-0.39, 0.29) is 24.8 Å². The van der Waals surface area contributed by atoms with Gasteiger partial charge >= 0.3 is 0 Å². The summed E-state index contributed by atoms with van der Waals surface area (Å²) >= 11 is 0. The SMILES string of the molecule is CC(C)C[C@@H](c1ccccc1OCc1ccccc1)N1CCNCC1.Cl.Cl. The number of hydrogen-bond donors (Lipinski definition) is 1. The summed E-state index contributed by atoms with van der Waals surface area (Å²) < 4.78 is 6.23. The first-order chi connectivity index (χ1) is 12.2. The average Bonchev–Trinajstić information content (AvgIpc) is 2.66. The summed E-state index contributed by atoms with van der Waals surface area (Å²) in [6, 6.07) is 19.4. The molecule has 0 saturated carbocycles. The second kappa shape index (κ2) is 12.2. The molecule has 0 bridgehead atoms. The number of rotatable bonds is 7. The molecule has 0 spiro atoms. The van der Waals surface area contributed by atoms with Gasteiger partial charge in [-0.3, -0.25) is 4.90 Å². The molecule has 1 aliphatic rings. The largest absolute Gasteiger partial charge is 0.489 e. The van der Waals surface area contributed by atoms with Crippen molar-refractivity contribution in [3.05, 3.63) is 65.7 Å². The zero-order valence-corrected chi connectivity index (χ0v) is 17.9. The Balaban J connectivity index is 0.00000182. The van der Waals surface area contributed by atoms with Gasteiger partial charge in [0, 0.05) is 37.8 Å². The van der Waals surface area contributed by atoms with Crippen LogP contribution in [0.3, 0.4) is 0 Å². The van der Waals surface area contributed by atoms with Gasteiger partial charge in [0.2, 0.25) is 0 Å². The van der Waals surface area contributed by atoms with Crippen molar-refractivity contribution in [2.24, 2.45) is 5.92 Å². The van der Waals surface area contributed by atoms with Crippen LogP contribution in [0.15, 0.2) is 54.6 Å². The van der Waals surface area contributed by atoms with Crippen LogP contribution >= 0.6 is 24.8 Å². The predicted octanol–water partition coefficient (Wildman–Crippen LogP) is 5.10. The van der Waals surface area contributed by atoms with E-state index < -0.39 is 0 Å². The first-order valence-electron chi connectivity index (χ1n) is 9.44. The number of ether oxygens (including phenoxy) is 1. The molecule has 0 radical (unpaired) electrons. The molecule has 150 valence electrons. The minimum Gasteiger partial charge on any atom is -0.489 e. The van der Waals surface area contributed by atoms with Crippen LogP contribution in [0.1, 0.15) is 37.4 Å². The van der Waals surface area contributed by atoms with Gasteiger partial charge in [0.25, 0.3) is 0 Å². The van der Waals surface area contributed by atoms with Crippen molar-refractivity contribution in [2.45, 2.75) is 32.9 Å². The molecule has 3 rings (SSSR count). The predicted molar refractivity (Wildman–Crippen MR) is 118 cm³/mol. The molecule has 1 N–H and O–H groups in total. The van der Waals surface area contributed by atoms with Crippen molar-refractivity contribution in [1.29, 1.82) is 0 Å². The van der Waals surface area contributed by atoms with Crippen LogP contribution in [0.4, 0.5) is 0 Å². The molecule has 1 saturated heterocycles. The van der Waals surface area contributed by atoms with E-state index in [0.29, 0.717) is 18.6 Å². The van der Waals surface area contributed by atoms with Crippen LogP contribution in [0.25, 0.3) is 0 Å². The van der Waals surface area contributed by atoms with Crippen LogP contribution in [-0.2, 0) is 6.61 Å². The normalized spacial score (nSPS) is 15.5. The maximum absolute atomic E-state index is 6.23. The Morgan fingerprint density at radius 3 is 2.22 bits per heavy atom. The number of nitrogens with one attached hydrogen (secondary N) is 1. The molecule has 0 aromatic heterocycles. The van der Waals surface area contributed by atoms with Crippen molar-refractivity contribution in [2.75, 3.05) is 26.2 Å². The van der Waals surface area contributed by atoms with Gasteiger partial charge in [0.1, 0.15) is 12.4 Å². The molecule has 0 unspecified atom stereocenters. The number of nitrogens with zero attached hydrogens (tertiary/aromatic N) is 1. The molecule has 1 aliphatic heterocycles. The molecule has 3 nitrogen and oxygen atoms in total. The number of halogens is 2. The lowest BCUT2D eigenvalue weighted by Crippen LogP contribution is -2.45. The van der Waals surface area contributed by atoms with Crippen LogP contribution in [0.2, 0.25) is 0 Å². The Morgan fingerprint density at radius 2 is 1.56 bits per heavy atom. The van der Waals surface area contributed by atoms with Crippen molar-refractivity contribution in [1.82, 2.24) is 10.2 Å². The van der Waals surface area contributed by atoms with Gasteiger partial charge in [0.05, 0.1) is 0 Å². The molecule has 0 aliphatic carbocycles. The molecule has 2 aromatic carbocycles. The van der Waals surface area contributed by atoms with E-state index in [1.54, 1.807) is 0 Å². The Morgan fingerprint density at radius 1 is 0.926 bits per heavy atom. The van der Waals surface area contributed by atoms with Crippen LogP contribution < -0.4 is 10.1 Å². The maximum Gasteiger partial charge on any atom is 0.124 e. The fourth-order valence-electron chi connectivity index (χ4n) is 3.54. The van der Waals surface area contributed by atoms with E-state index in [1.807, 2.05) is 6.07 Å². The summed E-state index contributed by atoms with van der Waals surface area (Å²) in [5.41, 5.74) is 2.54. The van der Waals surface area contributed by atoms with Crippen LogP contribution in [0.5, 0.6) is 5.75 Å². The molecular formula is C22H32Cl2N2O. The lowest BCUT2D eigenvalue weighted by atomic mass is 9.94. The van der Waals surface area contributed by atoms with E-state index in [0.717, 1.165) is 38.3 Å². The fourth-order valence-corrected chi connectivity index (χ4v) is 3.54. The standard InChI is InChI=1S/C22H30N2O.2ClH/c1-18(2)16-21(24-14-12-23-13-15-24)20-10-6-7-11-22(20)25-17-19-8-4-3-5-9-19;;/h3-11,18,21,23H,12-17H2,1-2H3;2*1H/t21-;;/m0../s1. The van der Waals surface area contributed by atoms with Gasteiger partial charge in [-0.05, 0) is 24.0 Å². The van der Waals surface area contributed by atoms with Crippen molar-refractivity contribution in [3.63, 3.8) is 0 Å². The summed E-state index contributed by atoms with van der Waals surface area (Å²) in [5.74, 6) is 1.68. The third kappa shape index (κ3) is 7.00. The smallest absolute Gasteiger partial charge is 0.124 e. The lowest BCUT2D eigenvalue weighted by Gasteiger charge is -2.36. The Hall–Kier alpha value is -1.26. The molecule has 1 atom stereocenters. The second-order valence-corrected chi connectivity index (χ2v) is 7.24. The Kier molecular flexibility index (Phi) is 10.8. The van der Waals surface area contributed by atoms with Gasteiger partial charge in [-0.25, -0.2) is 0 Å². The second-order valence-electron chi connectivity index (χ2n) is 7.24. The molecule has 2 aromatic rings. The van der Waals surface area contributed by atoms with Gasteiger partial charge < -0.3 is 10.1 Å². The molecule has 5 heteroatoms. The van der Waals surface area contributed by atoms with Gasteiger partial charge in [-0.1, -0.05) is 62.4 Å². The zero-order chi connectivity index (χ0) is 17.5. The quantitative estimate of drug-likeness (QED) is 0.686. The Labute approximate surface area is 176 Å². The highest BCUT2D eigenvalue weighted by molar-refractivity contribution is 5.85. The molecule has 0 amide bonds. The number of piperazine rings is 1. The van der Waals surface area contributed by atoms with Crippen molar-refractivity contribution in [3.8, 4) is 5.75 Å². The fraction of sp³-hybridized carbons (Fsp3) is 0.455. The zero-order valence-electron chi connectivity index (χ0n) is 16.3. The van der Waals surface area contributed by atoms with Crippen LogP contribution in [0, 0.1) is 5.92 Å². The summed E-state index contributed by atoms with van der Waals surface area (Å²) in [6.45, 7) is 9.58. The number of para-hydroxylation sites is 1. The Bertz CT molecular complexity index is 646. The highest BCUT2D eigenvalue weighted by Crippen LogP contribution is 2.34. The highest BCUT2D eigenvalue weighted by Gasteiger charge is 2.25. The van der Waals surface area contributed by atoms with Gasteiger partial charge in [-0.15, -0.1) is 24.8 Å². The van der Waals surface area contributed by atoms with E-state index >= 15 is 0 Å². The van der Waals surface area contributed by atoms with Gasteiger partial charge in [0.15, 0.2) is 0 Å². The van der Waals surface area contributed by atoms with E-state index in [1.165, 1.54) is 11.1 Å². The van der Waals surface area contributed by atoms with Gasteiger partial charge in [-0.2, -0.15) is 0 Å². The molecule has 1 heterocycles. The third-order valence-corrected chi connectivity index (χ3v) is 4.80. The van der Waals surface area contributed by atoms with Crippen molar-refractivity contribution < 1.29 is 4.74 Å². The number of benzene rings is 2. The minimum atomic E-state index is 0. The average molecular weight is 411 g/mol. The molecule has 27 heavy (non-hydrogen) atoms. The summed E-state index contributed by atoms with van der Waals surface area (Å²) in [5, 5.41) is 3.46.